The number of carbonyl (C=O) groups is 1. The van der Waals surface area contributed by atoms with Gasteiger partial charge in [-0.15, -0.1) is 0 Å². The third-order valence-electron chi connectivity index (χ3n) is 5.17. The summed E-state index contributed by atoms with van der Waals surface area (Å²) in [5, 5.41) is 9.10. The van der Waals surface area contributed by atoms with E-state index in [2.05, 4.69) is 26.9 Å². The predicted molar refractivity (Wildman–Crippen MR) is 111 cm³/mol. The van der Waals surface area contributed by atoms with E-state index in [0.29, 0.717) is 60.7 Å². The van der Waals surface area contributed by atoms with Crippen LogP contribution in [-0.2, 0) is 14.6 Å². The van der Waals surface area contributed by atoms with Crippen LogP contribution in [0.15, 0.2) is 16.6 Å². The number of amides is 1. The standard InChI is InChI=1S/C19H24BrN3O5S/c1-2-27-17-10-14(11-21)9-16(20)19(17)28-12-18(24)23-6-4-22(5-7-23)15-3-8-29(25,26)13-15/h9-10,15H,2-8,12-13H2,1H3. The highest BCUT2D eigenvalue weighted by Crippen LogP contribution is 2.36. The number of hydrogen-bond donors (Lipinski definition) is 0. The number of rotatable bonds is 6. The highest BCUT2D eigenvalue weighted by molar-refractivity contribution is 9.10. The maximum atomic E-state index is 12.6. The number of hydrogen-bond acceptors (Lipinski definition) is 7. The Morgan fingerprint density at radius 3 is 2.59 bits per heavy atom. The molecule has 0 radical (unpaired) electrons. The summed E-state index contributed by atoms with van der Waals surface area (Å²) in [5.41, 5.74) is 0.434. The van der Waals surface area contributed by atoms with Crippen LogP contribution in [-0.4, -0.2) is 81.1 Å². The average molecular weight is 486 g/mol. The molecule has 0 saturated carbocycles. The van der Waals surface area contributed by atoms with E-state index in [1.165, 1.54) is 0 Å². The van der Waals surface area contributed by atoms with Gasteiger partial charge in [0.25, 0.3) is 5.91 Å². The molecule has 0 aromatic heterocycles. The topological polar surface area (TPSA) is 99.9 Å². The van der Waals surface area contributed by atoms with E-state index in [1.54, 1.807) is 17.0 Å². The second-order valence-corrected chi connectivity index (χ2v) is 10.2. The molecule has 2 saturated heterocycles. The van der Waals surface area contributed by atoms with E-state index in [1.807, 2.05) is 6.92 Å². The number of benzene rings is 1. The number of piperazine rings is 1. The Kier molecular flexibility index (Phi) is 7.03. The Balaban J connectivity index is 1.55. The molecule has 158 valence electrons. The van der Waals surface area contributed by atoms with Gasteiger partial charge in [-0.05, 0) is 35.3 Å². The molecule has 10 heteroatoms. The molecule has 0 N–H and O–H groups in total. The van der Waals surface area contributed by atoms with Gasteiger partial charge in [0.15, 0.2) is 27.9 Å². The van der Waals surface area contributed by atoms with Gasteiger partial charge in [0, 0.05) is 38.3 Å². The van der Waals surface area contributed by atoms with Crippen molar-refractivity contribution < 1.29 is 22.7 Å². The third kappa shape index (κ3) is 5.41. The Hall–Kier alpha value is -1.83. The van der Waals surface area contributed by atoms with Crippen molar-refractivity contribution in [3.8, 4) is 17.6 Å². The quantitative estimate of drug-likeness (QED) is 0.600. The fourth-order valence-electron chi connectivity index (χ4n) is 3.66. The minimum Gasteiger partial charge on any atom is -0.490 e. The molecule has 2 aliphatic heterocycles. The van der Waals surface area contributed by atoms with Crippen molar-refractivity contribution in [2.24, 2.45) is 0 Å². The molecule has 29 heavy (non-hydrogen) atoms. The van der Waals surface area contributed by atoms with Crippen LogP contribution in [0, 0.1) is 11.3 Å². The first-order valence-corrected chi connectivity index (χ1v) is 12.2. The Labute approximate surface area is 179 Å². The largest absolute Gasteiger partial charge is 0.490 e. The van der Waals surface area contributed by atoms with Crippen LogP contribution in [0.2, 0.25) is 0 Å². The van der Waals surface area contributed by atoms with Gasteiger partial charge in [-0.1, -0.05) is 0 Å². The van der Waals surface area contributed by atoms with Crippen LogP contribution < -0.4 is 9.47 Å². The van der Waals surface area contributed by atoms with E-state index >= 15 is 0 Å². The van der Waals surface area contributed by atoms with Crippen LogP contribution in [0.4, 0.5) is 0 Å². The molecule has 1 unspecified atom stereocenters. The van der Waals surface area contributed by atoms with Crippen LogP contribution >= 0.6 is 15.9 Å². The summed E-state index contributed by atoms with van der Waals surface area (Å²) >= 11 is 3.37. The maximum absolute atomic E-state index is 12.6. The van der Waals surface area contributed by atoms with Crippen LogP contribution in [0.1, 0.15) is 18.9 Å². The van der Waals surface area contributed by atoms with Crippen molar-refractivity contribution >= 4 is 31.7 Å². The Morgan fingerprint density at radius 2 is 2.00 bits per heavy atom. The van der Waals surface area contributed by atoms with E-state index in [0.717, 1.165) is 0 Å². The monoisotopic (exact) mass is 485 g/mol. The Bertz CT molecular complexity index is 907. The van der Waals surface area contributed by atoms with Crippen LogP contribution in [0.5, 0.6) is 11.5 Å². The molecule has 3 rings (SSSR count). The van der Waals surface area contributed by atoms with E-state index in [9.17, 15) is 13.2 Å². The van der Waals surface area contributed by atoms with Crippen molar-refractivity contribution in [2.75, 3.05) is 50.9 Å². The van der Waals surface area contributed by atoms with Crippen molar-refractivity contribution in [3.05, 3.63) is 22.2 Å². The summed E-state index contributed by atoms with van der Waals surface area (Å²) in [4.78, 5) is 16.5. The molecule has 1 aromatic rings. The minimum atomic E-state index is -2.91. The second-order valence-electron chi connectivity index (χ2n) is 7.09. The van der Waals surface area contributed by atoms with Crippen molar-refractivity contribution in [1.29, 1.82) is 5.26 Å². The predicted octanol–water partition coefficient (Wildman–Crippen LogP) is 1.43. The van der Waals surface area contributed by atoms with E-state index < -0.39 is 9.84 Å². The van der Waals surface area contributed by atoms with Crippen molar-refractivity contribution in [1.82, 2.24) is 9.80 Å². The molecular formula is C19H24BrN3O5S. The Morgan fingerprint density at radius 1 is 1.28 bits per heavy atom. The number of halogens is 1. The first-order chi connectivity index (χ1) is 13.8. The smallest absolute Gasteiger partial charge is 0.260 e. The van der Waals surface area contributed by atoms with Gasteiger partial charge in [-0.2, -0.15) is 5.26 Å². The number of carbonyl (C=O) groups excluding carboxylic acids is 1. The summed E-state index contributed by atoms with van der Waals surface area (Å²) in [7, 11) is -2.91. The van der Waals surface area contributed by atoms with Crippen LogP contribution in [0.3, 0.4) is 0 Å². The summed E-state index contributed by atoms with van der Waals surface area (Å²) in [6.07, 6.45) is 0.673. The zero-order valence-corrected chi connectivity index (χ0v) is 18.7. The van der Waals surface area contributed by atoms with Crippen molar-refractivity contribution in [3.63, 3.8) is 0 Å². The molecule has 2 heterocycles. The number of nitriles is 1. The molecule has 1 atom stereocenters. The molecule has 2 aliphatic rings. The zero-order valence-electron chi connectivity index (χ0n) is 16.3. The first kappa shape index (κ1) is 21.9. The van der Waals surface area contributed by atoms with Gasteiger partial charge in [-0.3, -0.25) is 9.69 Å². The number of nitrogens with zero attached hydrogens (tertiary/aromatic N) is 3. The van der Waals surface area contributed by atoms with Crippen molar-refractivity contribution in [2.45, 2.75) is 19.4 Å². The number of ether oxygens (including phenoxy) is 2. The van der Waals surface area contributed by atoms with Gasteiger partial charge in [0.2, 0.25) is 0 Å². The first-order valence-electron chi connectivity index (χ1n) is 9.54. The summed E-state index contributed by atoms with van der Waals surface area (Å²) in [5.74, 6) is 1.15. The lowest BCUT2D eigenvalue weighted by atomic mass is 10.2. The lowest BCUT2D eigenvalue weighted by Crippen LogP contribution is -2.53. The SMILES string of the molecule is CCOc1cc(C#N)cc(Br)c1OCC(=O)N1CCN(C2CCS(=O)(=O)C2)CC1. The molecular weight excluding hydrogens is 462 g/mol. The highest BCUT2D eigenvalue weighted by Gasteiger charge is 2.34. The second kappa shape index (κ2) is 9.32. The molecule has 1 aromatic carbocycles. The average Bonchev–Trinajstić information content (AvgIpc) is 3.07. The summed E-state index contributed by atoms with van der Waals surface area (Å²) in [6, 6.07) is 5.33. The van der Waals surface area contributed by atoms with Gasteiger partial charge >= 0.3 is 0 Å². The van der Waals surface area contributed by atoms with Gasteiger partial charge in [0.1, 0.15) is 0 Å². The van der Waals surface area contributed by atoms with E-state index in [4.69, 9.17) is 14.7 Å². The molecule has 0 aliphatic carbocycles. The normalized spacial score (nSPS) is 21.6. The minimum absolute atomic E-state index is 0.0665. The molecule has 1 amide bonds. The fraction of sp³-hybridized carbons (Fsp3) is 0.579. The molecule has 0 spiro atoms. The summed E-state index contributed by atoms with van der Waals surface area (Å²) < 4.78 is 35.2. The third-order valence-corrected chi connectivity index (χ3v) is 7.51. The lowest BCUT2D eigenvalue weighted by molar-refractivity contribution is -0.135. The number of sulfone groups is 1. The molecule has 0 bridgehead atoms. The summed E-state index contributed by atoms with van der Waals surface area (Å²) in [6.45, 7) is 4.52. The fourth-order valence-corrected chi connectivity index (χ4v) is 5.98. The highest BCUT2D eigenvalue weighted by atomic mass is 79.9. The van der Waals surface area contributed by atoms with E-state index in [-0.39, 0.29) is 30.1 Å². The lowest BCUT2D eigenvalue weighted by Gasteiger charge is -2.37. The zero-order chi connectivity index (χ0) is 21.0. The van der Waals surface area contributed by atoms with Gasteiger partial charge < -0.3 is 14.4 Å². The van der Waals surface area contributed by atoms with Gasteiger partial charge in [0.05, 0.1) is 34.2 Å². The van der Waals surface area contributed by atoms with Crippen LogP contribution in [0.25, 0.3) is 0 Å². The maximum Gasteiger partial charge on any atom is 0.260 e. The van der Waals surface area contributed by atoms with Gasteiger partial charge in [-0.25, -0.2) is 8.42 Å². The molecule has 2 fully saturated rings. The molecule has 8 nitrogen and oxygen atoms in total.